The Bertz CT molecular complexity index is 1020. The average molecular weight is 328 g/mol. The van der Waals surface area contributed by atoms with Gasteiger partial charge in [0.15, 0.2) is 0 Å². The summed E-state index contributed by atoms with van der Waals surface area (Å²) in [5, 5.41) is 3.23. The van der Waals surface area contributed by atoms with Crippen molar-refractivity contribution in [2.24, 2.45) is 7.05 Å². The second-order valence-corrected chi connectivity index (χ2v) is 5.96. The van der Waals surface area contributed by atoms with Gasteiger partial charge in [0, 0.05) is 41.3 Å². The normalized spacial score (nSPS) is 11.4. The molecule has 0 saturated heterocycles. The Kier molecular flexibility index (Phi) is 3.06. The maximum atomic E-state index is 6.42. The largest absolute Gasteiger partial charge is 0.350 e. The van der Waals surface area contributed by atoms with Crippen molar-refractivity contribution in [3.8, 4) is 11.1 Å². The molecule has 4 aromatic rings. The zero-order chi connectivity index (χ0) is 15.3. The summed E-state index contributed by atoms with van der Waals surface area (Å²) in [6, 6.07) is 9.78. The van der Waals surface area contributed by atoms with Gasteiger partial charge in [-0.2, -0.15) is 0 Å². The Hall–Kier alpha value is -2.10. The second kappa shape index (κ2) is 4.97. The zero-order valence-electron chi connectivity index (χ0n) is 11.7. The molecular weight excluding hydrogens is 317 g/mol. The molecule has 0 unspecified atom stereocenters. The van der Waals surface area contributed by atoms with Crippen LogP contribution in [0.5, 0.6) is 0 Å². The van der Waals surface area contributed by atoms with Crippen LogP contribution in [0.15, 0.2) is 49.1 Å². The van der Waals surface area contributed by atoms with Crippen LogP contribution in [0.2, 0.25) is 10.0 Å². The molecule has 0 atom stereocenters. The zero-order valence-corrected chi connectivity index (χ0v) is 13.2. The van der Waals surface area contributed by atoms with Gasteiger partial charge in [-0.1, -0.05) is 35.3 Å². The predicted octanol–water partition coefficient (Wildman–Crippen LogP) is 5.10. The van der Waals surface area contributed by atoms with Gasteiger partial charge in [0.05, 0.1) is 21.1 Å². The number of aryl methyl sites for hydroxylation is 1. The van der Waals surface area contributed by atoms with Gasteiger partial charge in [0.2, 0.25) is 0 Å². The SMILES string of the molecule is Cn1ccc2c3cncnc3cc(-c3cccc(Cl)c3Cl)c21. The van der Waals surface area contributed by atoms with E-state index in [0.717, 1.165) is 32.9 Å². The first-order chi connectivity index (χ1) is 10.7. The number of aromatic nitrogens is 3. The first kappa shape index (κ1) is 13.6. The van der Waals surface area contributed by atoms with Crippen molar-refractivity contribution in [2.45, 2.75) is 0 Å². The highest BCUT2D eigenvalue weighted by molar-refractivity contribution is 6.44. The molecule has 2 heterocycles. The third-order valence-electron chi connectivity index (χ3n) is 3.88. The van der Waals surface area contributed by atoms with Crippen molar-refractivity contribution in [2.75, 3.05) is 0 Å². The Morgan fingerprint density at radius 3 is 2.77 bits per heavy atom. The summed E-state index contributed by atoms with van der Waals surface area (Å²) in [4.78, 5) is 8.52. The van der Waals surface area contributed by atoms with Crippen LogP contribution in [-0.2, 0) is 7.05 Å². The molecule has 0 N–H and O–H groups in total. The van der Waals surface area contributed by atoms with Gasteiger partial charge >= 0.3 is 0 Å². The van der Waals surface area contributed by atoms with Crippen molar-refractivity contribution in [3.05, 3.63) is 59.1 Å². The number of halogens is 2. The number of benzene rings is 2. The number of nitrogens with zero attached hydrogens (tertiary/aromatic N) is 3. The van der Waals surface area contributed by atoms with E-state index in [4.69, 9.17) is 23.2 Å². The lowest BCUT2D eigenvalue weighted by Gasteiger charge is -2.11. The van der Waals surface area contributed by atoms with E-state index in [1.165, 1.54) is 0 Å². The summed E-state index contributed by atoms with van der Waals surface area (Å²) in [5.41, 5.74) is 3.90. The lowest BCUT2D eigenvalue weighted by Crippen LogP contribution is -1.92. The van der Waals surface area contributed by atoms with Crippen LogP contribution in [0, 0.1) is 0 Å². The van der Waals surface area contributed by atoms with E-state index >= 15 is 0 Å². The van der Waals surface area contributed by atoms with Gasteiger partial charge in [-0.05, 0) is 18.2 Å². The van der Waals surface area contributed by atoms with E-state index in [9.17, 15) is 0 Å². The third-order valence-corrected chi connectivity index (χ3v) is 4.70. The van der Waals surface area contributed by atoms with Crippen molar-refractivity contribution in [1.29, 1.82) is 0 Å². The molecule has 5 heteroatoms. The number of fused-ring (bicyclic) bond motifs is 3. The highest BCUT2D eigenvalue weighted by Crippen LogP contribution is 2.39. The summed E-state index contributed by atoms with van der Waals surface area (Å²) in [6.45, 7) is 0. The Morgan fingerprint density at radius 1 is 1.05 bits per heavy atom. The minimum absolute atomic E-state index is 0.546. The highest BCUT2D eigenvalue weighted by Gasteiger charge is 2.15. The monoisotopic (exact) mass is 327 g/mol. The molecule has 22 heavy (non-hydrogen) atoms. The maximum absolute atomic E-state index is 6.42. The smallest absolute Gasteiger partial charge is 0.116 e. The van der Waals surface area contributed by atoms with Crippen molar-refractivity contribution in [1.82, 2.24) is 14.5 Å². The van der Waals surface area contributed by atoms with E-state index in [1.54, 1.807) is 12.4 Å². The number of rotatable bonds is 1. The fourth-order valence-corrected chi connectivity index (χ4v) is 3.27. The van der Waals surface area contributed by atoms with E-state index in [2.05, 4.69) is 20.6 Å². The van der Waals surface area contributed by atoms with Gasteiger partial charge in [0.1, 0.15) is 6.33 Å². The minimum Gasteiger partial charge on any atom is -0.350 e. The predicted molar refractivity (Wildman–Crippen MR) is 91.5 cm³/mol. The molecule has 0 bridgehead atoms. The molecule has 4 rings (SSSR count). The van der Waals surface area contributed by atoms with E-state index in [-0.39, 0.29) is 0 Å². The van der Waals surface area contributed by atoms with E-state index in [1.807, 2.05) is 37.6 Å². The summed E-state index contributed by atoms with van der Waals surface area (Å²) in [7, 11) is 2.01. The van der Waals surface area contributed by atoms with Crippen molar-refractivity contribution >= 4 is 45.0 Å². The molecule has 2 aromatic heterocycles. The van der Waals surface area contributed by atoms with Crippen LogP contribution < -0.4 is 0 Å². The molecule has 0 saturated carbocycles. The lowest BCUT2D eigenvalue weighted by atomic mass is 10.00. The van der Waals surface area contributed by atoms with Crippen molar-refractivity contribution < 1.29 is 0 Å². The molecule has 2 aromatic carbocycles. The average Bonchev–Trinajstić information content (AvgIpc) is 2.92. The molecule has 0 spiro atoms. The summed E-state index contributed by atoms with van der Waals surface area (Å²) >= 11 is 12.6. The molecule has 108 valence electrons. The highest BCUT2D eigenvalue weighted by atomic mass is 35.5. The van der Waals surface area contributed by atoms with Gasteiger partial charge in [-0.15, -0.1) is 0 Å². The van der Waals surface area contributed by atoms with E-state index in [0.29, 0.717) is 10.0 Å². The van der Waals surface area contributed by atoms with Crippen LogP contribution in [0.25, 0.3) is 32.9 Å². The number of hydrogen-bond acceptors (Lipinski definition) is 2. The van der Waals surface area contributed by atoms with Crippen molar-refractivity contribution in [3.63, 3.8) is 0 Å². The molecule has 3 nitrogen and oxygen atoms in total. The Balaban J connectivity index is 2.20. The Labute approximate surface area is 137 Å². The van der Waals surface area contributed by atoms with Gasteiger partial charge in [0.25, 0.3) is 0 Å². The first-order valence-electron chi connectivity index (χ1n) is 6.79. The van der Waals surface area contributed by atoms with Crippen LogP contribution in [0.4, 0.5) is 0 Å². The topological polar surface area (TPSA) is 30.7 Å². The van der Waals surface area contributed by atoms with Crippen LogP contribution in [-0.4, -0.2) is 14.5 Å². The minimum atomic E-state index is 0.546. The second-order valence-electron chi connectivity index (χ2n) is 5.17. The fourth-order valence-electron chi connectivity index (χ4n) is 2.87. The van der Waals surface area contributed by atoms with Crippen LogP contribution >= 0.6 is 23.2 Å². The summed E-state index contributed by atoms with van der Waals surface area (Å²) in [6.07, 6.45) is 5.42. The standard InChI is InChI=1S/C17H11Cl2N3/c1-22-6-5-11-13-8-20-9-21-15(13)7-12(17(11)22)10-3-2-4-14(18)16(10)19/h2-9H,1H3. The quantitative estimate of drug-likeness (QED) is 0.487. The van der Waals surface area contributed by atoms with Gasteiger partial charge in [-0.3, -0.25) is 0 Å². The molecule has 0 aliphatic rings. The molecular formula is C17H11Cl2N3. The Morgan fingerprint density at radius 2 is 1.91 bits per heavy atom. The molecule has 0 aliphatic carbocycles. The molecule has 0 fully saturated rings. The van der Waals surface area contributed by atoms with Crippen LogP contribution in [0.1, 0.15) is 0 Å². The van der Waals surface area contributed by atoms with Gasteiger partial charge < -0.3 is 4.57 Å². The van der Waals surface area contributed by atoms with E-state index < -0.39 is 0 Å². The summed E-state index contributed by atoms with van der Waals surface area (Å²) < 4.78 is 2.08. The fraction of sp³-hybridized carbons (Fsp3) is 0.0588. The van der Waals surface area contributed by atoms with Gasteiger partial charge in [-0.25, -0.2) is 9.97 Å². The molecule has 0 amide bonds. The maximum Gasteiger partial charge on any atom is 0.116 e. The lowest BCUT2D eigenvalue weighted by molar-refractivity contribution is 0.970. The molecule has 0 radical (unpaired) electrons. The van der Waals surface area contributed by atoms with Crippen LogP contribution in [0.3, 0.4) is 0 Å². The summed E-state index contributed by atoms with van der Waals surface area (Å²) in [5.74, 6) is 0. The molecule has 0 aliphatic heterocycles. The third kappa shape index (κ3) is 1.90. The first-order valence-corrected chi connectivity index (χ1v) is 7.54. The number of hydrogen-bond donors (Lipinski definition) is 0.